The second kappa shape index (κ2) is 8.19. The highest BCUT2D eigenvalue weighted by Gasteiger charge is 2.37. The Morgan fingerprint density at radius 2 is 1.81 bits per heavy atom. The monoisotopic (exact) mass is 374 g/mol. The van der Waals surface area contributed by atoms with Gasteiger partial charge in [-0.25, -0.2) is 4.79 Å². The lowest BCUT2D eigenvalue weighted by atomic mass is 9.94. The highest BCUT2D eigenvalue weighted by atomic mass is 16.2. The minimum atomic E-state index is -0.409. The maximum absolute atomic E-state index is 12.9. The van der Waals surface area contributed by atoms with Crippen LogP contribution in [0.25, 0.3) is 0 Å². The maximum Gasteiger partial charge on any atom is 0.319 e. The summed E-state index contributed by atoms with van der Waals surface area (Å²) in [4.78, 5) is 29.0. The summed E-state index contributed by atoms with van der Waals surface area (Å²) in [6.07, 6.45) is 2.13. The number of urea groups is 1. The average molecular weight is 375 g/mol. The Bertz CT molecular complexity index is 688. The van der Waals surface area contributed by atoms with Crippen LogP contribution in [0.3, 0.4) is 0 Å². The fourth-order valence-electron chi connectivity index (χ4n) is 3.02. The van der Waals surface area contributed by atoms with Gasteiger partial charge in [0.05, 0.1) is 0 Å². The smallest absolute Gasteiger partial charge is 0.319 e. The number of hydrogen-bond acceptors (Lipinski definition) is 3. The van der Waals surface area contributed by atoms with Crippen molar-refractivity contribution in [3.63, 3.8) is 0 Å². The predicted molar refractivity (Wildman–Crippen MR) is 111 cm³/mol. The van der Waals surface area contributed by atoms with Crippen LogP contribution in [-0.4, -0.2) is 43.0 Å². The molecule has 0 aromatic heterocycles. The summed E-state index contributed by atoms with van der Waals surface area (Å²) in [6.45, 7) is 10.3. The van der Waals surface area contributed by atoms with Crippen molar-refractivity contribution in [2.24, 2.45) is 5.41 Å². The van der Waals surface area contributed by atoms with Crippen molar-refractivity contribution in [3.8, 4) is 0 Å². The predicted octanol–water partition coefficient (Wildman–Crippen LogP) is 3.82. The molecule has 1 fully saturated rings. The summed E-state index contributed by atoms with van der Waals surface area (Å²) in [5.41, 5.74) is 2.41. The lowest BCUT2D eigenvalue weighted by molar-refractivity contribution is -0.140. The third kappa shape index (κ3) is 5.88. The van der Waals surface area contributed by atoms with Crippen molar-refractivity contribution in [2.75, 3.05) is 24.3 Å². The Morgan fingerprint density at radius 3 is 2.30 bits per heavy atom. The normalized spacial score (nSPS) is 14.1. The van der Waals surface area contributed by atoms with Gasteiger partial charge in [0.1, 0.15) is 0 Å². The van der Waals surface area contributed by atoms with Crippen LogP contribution >= 0.6 is 0 Å². The van der Waals surface area contributed by atoms with Crippen LogP contribution in [-0.2, 0) is 11.3 Å². The Hall–Kier alpha value is -2.24. The first-order chi connectivity index (χ1) is 12.5. The molecule has 0 bridgehead atoms. The molecule has 6 nitrogen and oxygen atoms in total. The van der Waals surface area contributed by atoms with Gasteiger partial charge in [-0.2, -0.15) is 0 Å². The van der Waals surface area contributed by atoms with Gasteiger partial charge in [-0.1, -0.05) is 20.8 Å². The zero-order valence-electron chi connectivity index (χ0n) is 17.7. The summed E-state index contributed by atoms with van der Waals surface area (Å²) < 4.78 is 0. The molecule has 1 aromatic rings. The minimum Gasteiger partial charge on any atom is -0.377 e. The lowest BCUT2D eigenvalue weighted by Gasteiger charge is -2.31. The van der Waals surface area contributed by atoms with Gasteiger partial charge in [-0.05, 0) is 50.5 Å². The number of carbonyl (C=O) groups is 2. The molecule has 0 heterocycles. The summed E-state index contributed by atoms with van der Waals surface area (Å²) in [7, 11) is 3.98. The molecule has 0 saturated heterocycles. The maximum atomic E-state index is 12.9. The number of nitrogens with one attached hydrogen (secondary N) is 2. The van der Waals surface area contributed by atoms with E-state index in [9.17, 15) is 9.59 Å². The van der Waals surface area contributed by atoms with Crippen LogP contribution in [0.2, 0.25) is 0 Å². The summed E-state index contributed by atoms with van der Waals surface area (Å²) >= 11 is 0. The summed E-state index contributed by atoms with van der Waals surface area (Å²) in [5, 5.41) is 5.72. The Balaban J connectivity index is 2.27. The third-order valence-electron chi connectivity index (χ3n) is 4.47. The third-order valence-corrected chi connectivity index (χ3v) is 4.47. The van der Waals surface area contributed by atoms with Crippen LogP contribution in [0.4, 0.5) is 16.2 Å². The molecule has 0 aliphatic heterocycles. The molecule has 3 amide bonds. The molecule has 1 saturated carbocycles. The molecular formula is C21H34N4O2. The second-order valence-corrected chi connectivity index (χ2v) is 8.91. The van der Waals surface area contributed by atoms with E-state index in [1.54, 1.807) is 0 Å². The molecule has 1 aromatic carbocycles. The van der Waals surface area contributed by atoms with Crippen molar-refractivity contribution in [1.29, 1.82) is 0 Å². The molecule has 0 radical (unpaired) electrons. The number of carbonyl (C=O) groups excluding carboxylic acids is 2. The number of anilines is 2. The molecule has 2 rings (SSSR count). The van der Waals surface area contributed by atoms with Gasteiger partial charge in [0.25, 0.3) is 0 Å². The molecule has 1 aliphatic carbocycles. The number of benzene rings is 1. The molecule has 150 valence electrons. The topological polar surface area (TPSA) is 64.7 Å². The van der Waals surface area contributed by atoms with Crippen LogP contribution in [0.1, 0.15) is 53.0 Å². The van der Waals surface area contributed by atoms with Crippen molar-refractivity contribution in [1.82, 2.24) is 10.2 Å². The quantitative estimate of drug-likeness (QED) is 0.796. The largest absolute Gasteiger partial charge is 0.377 e. The minimum absolute atomic E-state index is 0.0697. The van der Waals surface area contributed by atoms with Gasteiger partial charge < -0.3 is 20.4 Å². The Kier molecular flexibility index (Phi) is 6.39. The van der Waals surface area contributed by atoms with E-state index in [-0.39, 0.29) is 18.0 Å². The molecule has 0 unspecified atom stereocenters. The average Bonchev–Trinajstić information content (AvgIpc) is 3.34. The van der Waals surface area contributed by atoms with Crippen LogP contribution in [0, 0.1) is 5.41 Å². The van der Waals surface area contributed by atoms with E-state index >= 15 is 0 Å². The molecule has 1 aliphatic rings. The van der Waals surface area contributed by atoms with E-state index in [2.05, 4.69) is 10.6 Å². The lowest BCUT2D eigenvalue weighted by Crippen LogP contribution is -2.40. The number of nitrogens with zero attached hydrogens (tertiary/aromatic N) is 2. The van der Waals surface area contributed by atoms with Crippen molar-refractivity contribution in [2.45, 2.75) is 66.1 Å². The zero-order chi connectivity index (χ0) is 20.4. The van der Waals surface area contributed by atoms with E-state index in [0.29, 0.717) is 12.6 Å². The Morgan fingerprint density at radius 1 is 1.19 bits per heavy atom. The first-order valence-electron chi connectivity index (χ1n) is 9.68. The van der Waals surface area contributed by atoms with E-state index in [1.807, 2.05) is 76.7 Å². The zero-order valence-corrected chi connectivity index (χ0v) is 17.7. The molecule has 2 N–H and O–H groups in total. The summed E-state index contributed by atoms with van der Waals surface area (Å²) in [6, 6.07) is 6.03. The van der Waals surface area contributed by atoms with Crippen molar-refractivity contribution in [3.05, 3.63) is 23.8 Å². The first kappa shape index (κ1) is 21.1. The van der Waals surface area contributed by atoms with Gasteiger partial charge >= 0.3 is 6.03 Å². The van der Waals surface area contributed by atoms with Gasteiger partial charge in [0.15, 0.2) is 0 Å². The van der Waals surface area contributed by atoms with Crippen LogP contribution < -0.4 is 15.5 Å². The molecular weight excluding hydrogens is 340 g/mol. The standard InChI is InChI=1S/C21H34N4O2/c1-14(2)22-20(27)23-16-8-11-18(24(6)7)15(12-16)13-25(17-9-10-17)19(26)21(3,4)5/h8,11-12,14,17H,9-10,13H2,1-7H3,(H2,22,23,27). The number of amides is 3. The SMILES string of the molecule is CC(C)NC(=O)Nc1ccc(N(C)C)c(CN(C(=O)C(C)(C)C)C2CC2)c1. The van der Waals surface area contributed by atoms with Crippen molar-refractivity contribution >= 4 is 23.3 Å². The van der Waals surface area contributed by atoms with Gasteiger partial charge in [-0.3, -0.25) is 4.79 Å². The summed E-state index contributed by atoms with van der Waals surface area (Å²) in [5.74, 6) is 0.172. The Labute approximate surface area is 163 Å². The number of rotatable bonds is 6. The van der Waals surface area contributed by atoms with E-state index in [1.165, 1.54) is 0 Å². The van der Waals surface area contributed by atoms with Gasteiger partial charge in [0, 0.05) is 49.5 Å². The molecule has 27 heavy (non-hydrogen) atoms. The van der Waals surface area contributed by atoms with E-state index in [4.69, 9.17) is 0 Å². The van der Waals surface area contributed by atoms with Crippen LogP contribution in [0.15, 0.2) is 18.2 Å². The molecule has 0 spiro atoms. The van der Waals surface area contributed by atoms with E-state index in [0.717, 1.165) is 29.8 Å². The van der Waals surface area contributed by atoms with Crippen molar-refractivity contribution < 1.29 is 9.59 Å². The second-order valence-electron chi connectivity index (χ2n) is 8.91. The molecule has 6 heteroatoms. The fraction of sp³-hybridized carbons (Fsp3) is 0.619. The molecule has 0 atom stereocenters. The first-order valence-corrected chi connectivity index (χ1v) is 9.68. The van der Waals surface area contributed by atoms with E-state index < -0.39 is 5.41 Å². The highest BCUT2D eigenvalue weighted by Crippen LogP contribution is 2.34. The van der Waals surface area contributed by atoms with Gasteiger partial charge in [-0.15, -0.1) is 0 Å². The number of hydrogen-bond donors (Lipinski definition) is 2. The fourth-order valence-corrected chi connectivity index (χ4v) is 3.02. The van der Waals surface area contributed by atoms with Gasteiger partial charge in [0.2, 0.25) is 5.91 Å². The van der Waals surface area contributed by atoms with Crippen LogP contribution in [0.5, 0.6) is 0 Å². The highest BCUT2D eigenvalue weighted by molar-refractivity contribution is 5.90.